The standard InChI is InChI=1S/C10H17N3O3S2/c1-10(2,5-14)12-9-7(8(11)13-17-9)18(15,16)6-3-4-6/h6,12,14H,3-5H2,1-2H3,(H2,11,13). The second kappa shape index (κ2) is 4.36. The number of aliphatic hydroxyl groups excluding tert-OH is 1. The first-order valence-electron chi connectivity index (χ1n) is 5.66. The van der Waals surface area contributed by atoms with Crippen molar-refractivity contribution in [2.24, 2.45) is 0 Å². The number of nitrogens with zero attached hydrogens (tertiary/aromatic N) is 1. The third-order valence-electron chi connectivity index (χ3n) is 2.77. The average Bonchev–Trinajstić information content (AvgIpc) is 3.05. The Hall–Kier alpha value is -0.860. The largest absolute Gasteiger partial charge is 0.394 e. The van der Waals surface area contributed by atoms with Crippen LogP contribution < -0.4 is 11.1 Å². The summed E-state index contributed by atoms with van der Waals surface area (Å²) in [7, 11) is -3.39. The predicted octanol–water partition coefficient (Wildman–Crippen LogP) is 0.844. The number of anilines is 2. The van der Waals surface area contributed by atoms with Crippen LogP contribution in [-0.2, 0) is 9.84 Å². The Kier molecular flexibility index (Phi) is 3.28. The molecule has 1 fully saturated rings. The van der Waals surface area contributed by atoms with Crippen molar-refractivity contribution in [1.29, 1.82) is 0 Å². The highest BCUT2D eigenvalue weighted by atomic mass is 32.2. The van der Waals surface area contributed by atoms with Gasteiger partial charge in [0.25, 0.3) is 0 Å². The van der Waals surface area contributed by atoms with Gasteiger partial charge in [0.05, 0.1) is 17.4 Å². The molecule has 0 amide bonds. The number of nitrogen functional groups attached to an aromatic ring is 1. The second-order valence-electron chi connectivity index (χ2n) is 5.14. The fourth-order valence-electron chi connectivity index (χ4n) is 1.54. The summed E-state index contributed by atoms with van der Waals surface area (Å²) in [4.78, 5) is 0.0940. The molecule has 102 valence electrons. The summed E-state index contributed by atoms with van der Waals surface area (Å²) in [6, 6.07) is 0. The molecule has 0 spiro atoms. The molecule has 1 saturated carbocycles. The highest BCUT2D eigenvalue weighted by molar-refractivity contribution is 7.92. The predicted molar refractivity (Wildman–Crippen MR) is 71.5 cm³/mol. The maximum Gasteiger partial charge on any atom is 0.187 e. The fourth-order valence-corrected chi connectivity index (χ4v) is 4.59. The Balaban J connectivity index is 2.39. The van der Waals surface area contributed by atoms with Crippen molar-refractivity contribution in [2.75, 3.05) is 17.7 Å². The Morgan fingerprint density at radius 1 is 1.56 bits per heavy atom. The van der Waals surface area contributed by atoms with E-state index in [4.69, 9.17) is 5.73 Å². The van der Waals surface area contributed by atoms with Crippen molar-refractivity contribution in [3.63, 3.8) is 0 Å². The van der Waals surface area contributed by atoms with Crippen LogP contribution in [0.1, 0.15) is 26.7 Å². The van der Waals surface area contributed by atoms with Crippen molar-refractivity contribution < 1.29 is 13.5 Å². The van der Waals surface area contributed by atoms with E-state index in [0.29, 0.717) is 17.8 Å². The Bertz CT molecular complexity index is 547. The van der Waals surface area contributed by atoms with Crippen molar-refractivity contribution in [1.82, 2.24) is 4.37 Å². The van der Waals surface area contributed by atoms with E-state index in [1.54, 1.807) is 13.8 Å². The van der Waals surface area contributed by atoms with E-state index in [-0.39, 0.29) is 22.6 Å². The summed E-state index contributed by atoms with van der Waals surface area (Å²) in [6.45, 7) is 3.43. The molecule has 0 aliphatic heterocycles. The van der Waals surface area contributed by atoms with E-state index in [9.17, 15) is 13.5 Å². The summed E-state index contributed by atoms with van der Waals surface area (Å²) >= 11 is 1.01. The van der Waals surface area contributed by atoms with Gasteiger partial charge < -0.3 is 16.2 Å². The van der Waals surface area contributed by atoms with Gasteiger partial charge in [-0.15, -0.1) is 0 Å². The molecule has 1 aromatic heterocycles. The van der Waals surface area contributed by atoms with Crippen LogP contribution in [0.4, 0.5) is 10.8 Å². The molecule has 4 N–H and O–H groups in total. The lowest BCUT2D eigenvalue weighted by molar-refractivity contribution is 0.234. The zero-order chi connectivity index (χ0) is 13.6. The van der Waals surface area contributed by atoms with Gasteiger partial charge in [-0.25, -0.2) is 8.42 Å². The first-order chi connectivity index (χ1) is 8.28. The smallest absolute Gasteiger partial charge is 0.187 e. The van der Waals surface area contributed by atoms with Crippen LogP contribution in [0.2, 0.25) is 0 Å². The first kappa shape index (κ1) is 13.6. The minimum atomic E-state index is -3.39. The molecule has 1 aromatic rings. The molecule has 0 atom stereocenters. The monoisotopic (exact) mass is 291 g/mol. The van der Waals surface area contributed by atoms with E-state index in [1.165, 1.54) is 0 Å². The van der Waals surface area contributed by atoms with Crippen LogP contribution in [0.5, 0.6) is 0 Å². The van der Waals surface area contributed by atoms with Gasteiger partial charge in [0, 0.05) is 0 Å². The molecular weight excluding hydrogens is 274 g/mol. The highest BCUT2D eigenvalue weighted by Gasteiger charge is 2.41. The molecule has 6 nitrogen and oxygen atoms in total. The maximum absolute atomic E-state index is 12.3. The summed E-state index contributed by atoms with van der Waals surface area (Å²) in [5.74, 6) is 0.0446. The normalized spacial score (nSPS) is 16.8. The van der Waals surface area contributed by atoms with Crippen molar-refractivity contribution >= 4 is 32.2 Å². The molecule has 1 aliphatic rings. The van der Waals surface area contributed by atoms with Gasteiger partial charge in [0.2, 0.25) is 0 Å². The van der Waals surface area contributed by atoms with Crippen LogP contribution in [0.15, 0.2) is 4.90 Å². The lowest BCUT2D eigenvalue weighted by Crippen LogP contribution is -2.35. The molecule has 0 radical (unpaired) electrons. The van der Waals surface area contributed by atoms with Gasteiger partial charge in [-0.1, -0.05) is 0 Å². The average molecular weight is 291 g/mol. The molecule has 0 unspecified atom stereocenters. The SMILES string of the molecule is CC(C)(CO)Nc1snc(N)c1S(=O)(=O)C1CC1. The van der Waals surface area contributed by atoms with Gasteiger partial charge in [0.15, 0.2) is 15.7 Å². The quantitative estimate of drug-likeness (QED) is 0.742. The molecule has 1 heterocycles. The molecule has 0 saturated heterocycles. The zero-order valence-corrected chi connectivity index (χ0v) is 11.9. The van der Waals surface area contributed by atoms with E-state index in [1.807, 2.05) is 0 Å². The lowest BCUT2D eigenvalue weighted by Gasteiger charge is -2.24. The summed E-state index contributed by atoms with van der Waals surface area (Å²) in [6.07, 6.45) is 1.36. The number of sulfone groups is 1. The summed E-state index contributed by atoms with van der Waals surface area (Å²) in [5, 5.41) is 12.3. The highest BCUT2D eigenvalue weighted by Crippen LogP contribution is 2.41. The van der Waals surface area contributed by atoms with Gasteiger partial charge in [-0.3, -0.25) is 0 Å². The van der Waals surface area contributed by atoms with E-state index >= 15 is 0 Å². The van der Waals surface area contributed by atoms with Crippen LogP contribution in [0, 0.1) is 0 Å². The maximum atomic E-state index is 12.3. The number of hydrogen-bond donors (Lipinski definition) is 3. The molecule has 0 bridgehead atoms. The van der Waals surface area contributed by atoms with Crippen LogP contribution in [-0.4, -0.2) is 35.3 Å². The van der Waals surface area contributed by atoms with Crippen molar-refractivity contribution in [3.05, 3.63) is 0 Å². The number of rotatable bonds is 5. The third-order valence-corrected chi connectivity index (χ3v) is 6.01. The van der Waals surface area contributed by atoms with E-state index in [2.05, 4.69) is 9.69 Å². The van der Waals surface area contributed by atoms with Gasteiger partial charge in [-0.2, -0.15) is 4.37 Å². The minimum Gasteiger partial charge on any atom is -0.394 e. The summed E-state index contributed by atoms with van der Waals surface area (Å²) < 4.78 is 28.4. The van der Waals surface area contributed by atoms with Gasteiger partial charge in [0.1, 0.15) is 9.90 Å². The first-order valence-corrected chi connectivity index (χ1v) is 7.98. The number of hydrogen-bond acceptors (Lipinski definition) is 7. The molecule has 18 heavy (non-hydrogen) atoms. The van der Waals surface area contributed by atoms with E-state index < -0.39 is 15.4 Å². The third kappa shape index (κ3) is 2.45. The second-order valence-corrected chi connectivity index (χ2v) is 8.08. The van der Waals surface area contributed by atoms with Crippen LogP contribution >= 0.6 is 11.5 Å². The molecular formula is C10H17N3O3S2. The van der Waals surface area contributed by atoms with Crippen LogP contribution in [0.3, 0.4) is 0 Å². The Morgan fingerprint density at radius 3 is 2.67 bits per heavy atom. The van der Waals surface area contributed by atoms with Crippen molar-refractivity contribution in [2.45, 2.75) is 42.4 Å². The van der Waals surface area contributed by atoms with Gasteiger partial charge in [-0.05, 0) is 38.2 Å². The number of nitrogens with two attached hydrogens (primary N) is 1. The zero-order valence-electron chi connectivity index (χ0n) is 10.3. The molecule has 1 aliphatic carbocycles. The van der Waals surface area contributed by atoms with Gasteiger partial charge >= 0.3 is 0 Å². The minimum absolute atomic E-state index is 0.0446. The number of aromatic nitrogens is 1. The van der Waals surface area contributed by atoms with E-state index in [0.717, 1.165) is 11.5 Å². The number of aliphatic hydroxyl groups is 1. The Labute approximate surface area is 110 Å². The lowest BCUT2D eigenvalue weighted by atomic mass is 10.1. The molecule has 2 rings (SSSR count). The molecule has 8 heteroatoms. The Morgan fingerprint density at radius 2 is 2.17 bits per heavy atom. The number of nitrogens with one attached hydrogen (secondary N) is 1. The fraction of sp³-hybridized carbons (Fsp3) is 0.700. The van der Waals surface area contributed by atoms with Crippen molar-refractivity contribution in [3.8, 4) is 0 Å². The summed E-state index contributed by atoms with van der Waals surface area (Å²) in [5.41, 5.74) is 5.05. The molecule has 0 aromatic carbocycles. The topological polar surface area (TPSA) is 105 Å². The van der Waals surface area contributed by atoms with Crippen LogP contribution in [0.25, 0.3) is 0 Å².